The second-order valence-electron chi connectivity index (χ2n) is 4.81. The van der Waals surface area contributed by atoms with Gasteiger partial charge < -0.3 is 5.32 Å². The lowest BCUT2D eigenvalue weighted by Crippen LogP contribution is -2.44. The minimum absolute atomic E-state index is 0.358. The van der Waals surface area contributed by atoms with Crippen LogP contribution in [0, 0.1) is 13.8 Å². The maximum absolute atomic E-state index is 4.00. The van der Waals surface area contributed by atoms with Crippen LogP contribution in [0.4, 0.5) is 0 Å². The van der Waals surface area contributed by atoms with E-state index in [0.717, 1.165) is 26.2 Å². The maximum Gasteiger partial charge on any atom is 0.0530 e. The van der Waals surface area contributed by atoms with Crippen molar-refractivity contribution in [2.45, 2.75) is 19.9 Å². The summed E-state index contributed by atoms with van der Waals surface area (Å²) in [5.41, 5.74) is 4.09. The van der Waals surface area contributed by atoms with Gasteiger partial charge in [-0.05, 0) is 30.5 Å². The number of nitrogens with one attached hydrogen (secondary N) is 1. The molecular weight excluding hydrogens is 208 g/mol. The lowest BCUT2D eigenvalue weighted by atomic mass is 9.99. The first-order chi connectivity index (χ1) is 8.22. The summed E-state index contributed by atoms with van der Waals surface area (Å²) in [6.07, 6.45) is 2.06. The molecule has 2 rings (SSSR count). The average molecular weight is 230 g/mol. The Morgan fingerprint density at radius 3 is 2.53 bits per heavy atom. The van der Waals surface area contributed by atoms with Crippen LogP contribution in [0.2, 0.25) is 0 Å². The van der Waals surface area contributed by atoms with Gasteiger partial charge in [-0.1, -0.05) is 24.3 Å². The van der Waals surface area contributed by atoms with E-state index in [1.807, 2.05) is 0 Å². The number of aryl methyl sites for hydroxylation is 2. The monoisotopic (exact) mass is 230 g/mol. The molecule has 0 spiro atoms. The standard InChI is InChI=1S/C15H22N2/c1-4-15(17-9-7-16-8-10-17)14-6-5-12(2)13(3)11-14/h4-6,11,15-16H,1,7-10H2,2-3H3/t15-/m1/s1. The highest BCUT2D eigenvalue weighted by molar-refractivity contribution is 5.33. The van der Waals surface area contributed by atoms with Gasteiger partial charge in [0.1, 0.15) is 0 Å². The Labute approximate surface area is 104 Å². The van der Waals surface area contributed by atoms with Gasteiger partial charge in [0.2, 0.25) is 0 Å². The Balaban J connectivity index is 2.21. The molecule has 92 valence electrons. The molecule has 1 fully saturated rings. The van der Waals surface area contributed by atoms with Crippen molar-refractivity contribution in [2.24, 2.45) is 0 Å². The fourth-order valence-corrected chi connectivity index (χ4v) is 2.40. The zero-order valence-electron chi connectivity index (χ0n) is 10.9. The Kier molecular flexibility index (Phi) is 3.97. The summed E-state index contributed by atoms with van der Waals surface area (Å²) in [5.74, 6) is 0. The van der Waals surface area contributed by atoms with Crippen LogP contribution in [0.25, 0.3) is 0 Å². The van der Waals surface area contributed by atoms with Crippen molar-refractivity contribution < 1.29 is 0 Å². The molecule has 1 aromatic rings. The van der Waals surface area contributed by atoms with E-state index in [0.29, 0.717) is 6.04 Å². The number of hydrogen-bond acceptors (Lipinski definition) is 2. The fourth-order valence-electron chi connectivity index (χ4n) is 2.40. The third-order valence-electron chi connectivity index (χ3n) is 3.64. The predicted octanol–water partition coefficient (Wildman–Crippen LogP) is 2.44. The molecule has 0 radical (unpaired) electrons. The zero-order valence-corrected chi connectivity index (χ0v) is 10.9. The van der Waals surface area contributed by atoms with Crippen LogP contribution in [0.5, 0.6) is 0 Å². The molecule has 0 aliphatic carbocycles. The van der Waals surface area contributed by atoms with Crippen LogP contribution < -0.4 is 5.32 Å². The number of hydrogen-bond donors (Lipinski definition) is 1. The Morgan fingerprint density at radius 1 is 1.24 bits per heavy atom. The maximum atomic E-state index is 4.00. The van der Waals surface area contributed by atoms with E-state index in [-0.39, 0.29) is 0 Å². The van der Waals surface area contributed by atoms with Crippen molar-refractivity contribution >= 4 is 0 Å². The molecule has 1 aliphatic rings. The summed E-state index contributed by atoms with van der Waals surface area (Å²) in [6.45, 7) is 12.7. The van der Waals surface area contributed by atoms with Crippen molar-refractivity contribution in [1.29, 1.82) is 0 Å². The largest absolute Gasteiger partial charge is 0.314 e. The van der Waals surface area contributed by atoms with Crippen molar-refractivity contribution in [3.63, 3.8) is 0 Å². The number of nitrogens with zero attached hydrogens (tertiary/aromatic N) is 1. The van der Waals surface area contributed by atoms with Crippen molar-refractivity contribution in [3.05, 3.63) is 47.5 Å². The van der Waals surface area contributed by atoms with Gasteiger partial charge in [0.15, 0.2) is 0 Å². The molecule has 0 saturated carbocycles. The van der Waals surface area contributed by atoms with E-state index in [1.54, 1.807) is 0 Å². The van der Waals surface area contributed by atoms with E-state index in [4.69, 9.17) is 0 Å². The highest BCUT2D eigenvalue weighted by Crippen LogP contribution is 2.24. The summed E-state index contributed by atoms with van der Waals surface area (Å²) in [6, 6.07) is 7.10. The molecule has 1 N–H and O–H groups in total. The van der Waals surface area contributed by atoms with Gasteiger partial charge >= 0.3 is 0 Å². The van der Waals surface area contributed by atoms with Crippen molar-refractivity contribution in [3.8, 4) is 0 Å². The van der Waals surface area contributed by atoms with Crippen LogP contribution in [-0.4, -0.2) is 31.1 Å². The van der Waals surface area contributed by atoms with Gasteiger partial charge in [-0.2, -0.15) is 0 Å². The lowest BCUT2D eigenvalue weighted by Gasteiger charge is -2.33. The quantitative estimate of drug-likeness (QED) is 0.802. The molecule has 1 heterocycles. The molecule has 1 aromatic carbocycles. The van der Waals surface area contributed by atoms with E-state index >= 15 is 0 Å². The molecule has 0 unspecified atom stereocenters. The summed E-state index contributed by atoms with van der Waals surface area (Å²) in [5, 5.41) is 3.39. The average Bonchev–Trinajstić information content (AvgIpc) is 2.36. The molecule has 0 aromatic heterocycles. The first kappa shape index (κ1) is 12.3. The molecule has 0 bridgehead atoms. The molecular formula is C15H22N2. The van der Waals surface area contributed by atoms with Gasteiger partial charge in [-0.25, -0.2) is 0 Å². The van der Waals surface area contributed by atoms with E-state index < -0.39 is 0 Å². The number of rotatable bonds is 3. The second kappa shape index (κ2) is 5.48. The van der Waals surface area contributed by atoms with Crippen LogP contribution >= 0.6 is 0 Å². The smallest absolute Gasteiger partial charge is 0.0530 e. The summed E-state index contributed by atoms with van der Waals surface area (Å²) >= 11 is 0. The molecule has 1 saturated heterocycles. The second-order valence-corrected chi connectivity index (χ2v) is 4.81. The van der Waals surface area contributed by atoms with Gasteiger partial charge in [-0.3, -0.25) is 4.90 Å². The normalized spacial score (nSPS) is 18.9. The van der Waals surface area contributed by atoms with Gasteiger partial charge in [0.05, 0.1) is 6.04 Å². The van der Waals surface area contributed by atoms with Gasteiger partial charge in [-0.15, -0.1) is 6.58 Å². The predicted molar refractivity (Wildman–Crippen MR) is 73.3 cm³/mol. The van der Waals surface area contributed by atoms with Crippen molar-refractivity contribution in [1.82, 2.24) is 10.2 Å². The summed E-state index contributed by atoms with van der Waals surface area (Å²) in [4.78, 5) is 2.49. The molecule has 17 heavy (non-hydrogen) atoms. The van der Waals surface area contributed by atoms with E-state index in [9.17, 15) is 0 Å². The third kappa shape index (κ3) is 2.76. The molecule has 1 atom stereocenters. The van der Waals surface area contributed by atoms with Crippen LogP contribution in [0.1, 0.15) is 22.7 Å². The zero-order chi connectivity index (χ0) is 12.3. The van der Waals surface area contributed by atoms with Crippen LogP contribution in [0.3, 0.4) is 0 Å². The topological polar surface area (TPSA) is 15.3 Å². The summed E-state index contributed by atoms with van der Waals surface area (Å²) in [7, 11) is 0. The molecule has 2 nitrogen and oxygen atoms in total. The lowest BCUT2D eigenvalue weighted by molar-refractivity contribution is 0.203. The van der Waals surface area contributed by atoms with Crippen LogP contribution in [-0.2, 0) is 0 Å². The highest BCUT2D eigenvalue weighted by atomic mass is 15.2. The Hall–Kier alpha value is -1.12. The first-order valence-corrected chi connectivity index (χ1v) is 6.37. The summed E-state index contributed by atoms with van der Waals surface area (Å²) < 4.78 is 0. The van der Waals surface area contributed by atoms with Gasteiger partial charge in [0.25, 0.3) is 0 Å². The first-order valence-electron chi connectivity index (χ1n) is 6.37. The number of piperazine rings is 1. The molecule has 0 amide bonds. The minimum Gasteiger partial charge on any atom is -0.314 e. The van der Waals surface area contributed by atoms with Crippen molar-refractivity contribution in [2.75, 3.05) is 26.2 Å². The van der Waals surface area contributed by atoms with Gasteiger partial charge in [0, 0.05) is 26.2 Å². The molecule has 1 aliphatic heterocycles. The van der Waals surface area contributed by atoms with Crippen LogP contribution in [0.15, 0.2) is 30.9 Å². The number of benzene rings is 1. The SMILES string of the molecule is C=C[C@H](c1ccc(C)c(C)c1)N1CCNCC1. The fraction of sp³-hybridized carbons (Fsp3) is 0.467. The Bertz CT molecular complexity index is 392. The Morgan fingerprint density at radius 2 is 1.94 bits per heavy atom. The van der Waals surface area contributed by atoms with E-state index in [1.165, 1.54) is 16.7 Å². The molecule has 2 heteroatoms. The minimum atomic E-state index is 0.358. The third-order valence-corrected chi connectivity index (χ3v) is 3.64. The highest BCUT2D eigenvalue weighted by Gasteiger charge is 2.19. The van der Waals surface area contributed by atoms with E-state index in [2.05, 4.69) is 54.9 Å².